The Morgan fingerprint density at radius 2 is 1.47 bits per heavy atom. The van der Waals surface area contributed by atoms with Crippen molar-refractivity contribution in [2.45, 2.75) is 66.3 Å². The van der Waals surface area contributed by atoms with Gasteiger partial charge in [-0.05, 0) is 83.0 Å². The molecule has 2 aromatic rings. The minimum absolute atomic E-state index is 0.0820. The highest BCUT2D eigenvalue weighted by atomic mass is 16.6. The summed E-state index contributed by atoms with van der Waals surface area (Å²) in [5, 5.41) is 0. The van der Waals surface area contributed by atoms with Gasteiger partial charge in [0.05, 0.1) is 18.8 Å². The van der Waals surface area contributed by atoms with Gasteiger partial charge in [-0.2, -0.15) is 0 Å². The van der Waals surface area contributed by atoms with Gasteiger partial charge in [0.25, 0.3) is 0 Å². The zero-order valence-electron chi connectivity index (χ0n) is 21.2. The molecular weight excluding hydrogens is 432 g/mol. The fourth-order valence-electron chi connectivity index (χ4n) is 3.28. The molecule has 0 aliphatic rings. The van der Waals surface area contributed by atoms with Gasteiger partial charge in [-0.15, -0.1) is 0 Å². The largest absolute Gasteiger partial charge is 0.491 e. The van der Waals surface area contributed by atoms with Crippen molar-refractivity contribution in [1.82, 2.24) is 0 Å². The second-order valence-electron chi connectivity index (χ2n) is 8.33. The second-order valence-corrected chi connectivity index (χ2v) is 8.33. The Balaban J connectivity index is 1.96. The van der Waals surface area contributed by atoms with Crippen LogP contribution in [-0.4, -0.2) is 44.1 Å². The van der Waals surface area contributed by atoms with Crippen molar-refractivity contribution >= 4 is 12.0 Å². The summed E-state index contributed by atoms with van der Waals surface area (Å²) < 4.78 is 28.2. The van der Waals surface area contributed by atoms with Gasteiger partial charge in [0.1, 0.15) is 23.9 Å². The molecule has 0 saturated heterocycles. The van der Waals surface area contributed by atoms with Crippen LogP contribution in [0.5, 0.6) is 17.2 Å². The molecule has 0 fully saturated rings. The maximum absolute atomic E-state index is 12.0. The number of hydrogen-bond acceptors (Lipinski definition) is 6. The Kier molecular flexibility index (Phi) is 11.5. The van der Waals surface area contributed by atoms with E-state index in [0.29, 0.717) is 26.2 Å². The summed E-state index contributed by atoms with van der Waals surface area (Å²) in [5.74, 6) is 1.97. The van der Waals surface area contributed by atoms with Gasteiger partial charge in [0, 0.05) is 19.1 Å². The lowest BCUT2D eigenvalue weighted by atomic mass is 10.1. The van der Waals surface area contributed by atoms with Crippen molar-refractivity contribution in [3.8, 4) is 17.2 Å². The number of hydrogen-bond donors (Lipinski definition) is 0. The molecule has 0 spiro atoms. The van der Waals surface area contributed by atoms with Crippen LogP contribution in [0, 0.1) is 0 Å². The molecule has 0 bridgehead atoms. The van der Waals surface area contributed by atoms with Crippen LogP contribution >= 0.6 is 0 Å². The fraction of sp³-hybridized carbons (Fsp3) is 0.464. The zero-order chi connectivity index (χ0) is 24.9. The van der Waals surface area contributed by atoms with Crippen molar-refractivity contribution in [3.63, 3.8) is 0 Å². The van der Waals surface area contributed by atoms with Gasteiger partial charge in [-0.3, -0.25) is 0 Å². The van der Waals surface area contributed by atoms with Gasteiger partial charge < -0.3 is 23.7 Å². The van der Waals surface area contributed by atoms with Gasteiger partial charge in [0.15, 0.2) is 6.10 Å². The number of ether oxygens (including phenoxy) is 5. The molecule has 0 N–H and O–H groups in total. The molecule has 2 aromatic carbocycles. The molecule has 0 aromatic heterocycles. The minimum Gasteiger partial charge on any atom is -0.491 e. The Morgan fingerprint density at radius 3 is 2.00 bits per heavy atom. The van der Waals surface area contributed by atoms with Gasteiger partial charge >= 0.3 is 5.97 Å². The predicted octanol–water partition coefficient (Wildman–Crippen LogP) is 5.86. The number of carbonyl (C=O) groups is 1. The van der Waals surface area contributed by atoms with Crippen LogP contribution < -0.4 is 14.2 Å². The SMILES string of the molecule is CCOC(=O)[C@H](Cc1ccc(OCC=Cc2cc(OC(C)C)cc(OC(C)C)c2)cc1)OCC. The van der Waals surface area contributed by atoms with Crippen LogP contribution in [0.3, 0.4) is 0 Å². The monoisotopic (exact) mass is 470 g/mol. The number of carbonyl (C=O) groups excluding carboxylic acids is 1. The van der Waals surface area contributed by atoms with Crippen molar-refractivity contribution in [2.75, 3.05) is 19.8 Å². The van der Waals surface area contributed by atoms with E-state index in [2.05, 4.69) is 0 Å². The Labute approximate surface area is 203 Å². The first-order valence-electron chi connectivity index (χ1n) is 12.0. The summed E-state index contributed by atoms with van der Waals surface area (Å²) in [7, 11) is 0. The molecule has 0 saturated carbocycles. The second kappa shape index (κ2) is 14.3. The third kappa shape index (κ3) is 9.87. The average molecular weight is 471 g/mol. The smallest absolute Gasteiger partial charge is 0.335 e. The lowest BCUT2D eigenvalue weighted by Gasteiger charge is -2.15. The van der Waals surface area contributed by atoms with E-state index in [0.717, 1.165) is 28.4 Å². The minimum atomic E-state index is -0.598. The molecule has 1 atom stereocenters. The van der Waals surface area contributed by atoms with E-state index in [1.165, 1.54) is 0 Å². The molecule has 6 nitrogen and oxygen atoms in total. The molecule has 0 aliphatic carbocycles. The van der Waals surface area contributed by atoms with Crippen molar-refractivity contribution in [3.05, 3.63) is 59.7 Å². The summed E-state index contributed by atoms with van der Waals surface area (Å²) in [6.07, 6.45) is 3.97. The maximum atomic E-state index is 12.0. The highest BCUT2D eigenvalue weighted by Crippen LogP contribution is 2.25. The van der Waals surface area contributed by atoms with E-state index < -0.39 is 6.10 Å². The zero-order valence-corrected chi connectivity index (χ0v) is 21.2. The standard InChI is InChI=1S/C28H38O6/c1-7-30-27(28(29)31-8-2)18-22-11-13-24(14-12-22)32-15-9-10-23-16-25(33-20(3)4)19-26(17-23)34-21(5)6/h9-14,16-17,19-21,27H,7-8,15,18H2,1-6H3/t27-/m0/s1. The summed E-state index contributed by atoms with van der Waals surface area (Å²) in [5.41, 5.74) is 1.96. The molecule has 6 heteroatoms. The molecule has 0 aliphatic heterocycles. The molecule has 186 valence electrons. The molecule has 34 heavy (non-hydrogen) atoms. The Morgan fingerprint density at radius 1 is 0.853 bits per heavy atom. The van der Waals surface area contributed by atoms with Gasteiger partial charge in [-0.1, -0.05) is 18.2 Å². The third-order valence-corrected chi connectivity index (χ3v) is 4.56. The highest BCUT2D eigenvalue weighted by Gasteiger charge is 2.20. The number of esters is 1. The lowest BCUT2D eigenvalue weighted by Crippen LogP contribution is -2.28. The first-order valence-corrected chi connectivity index (χ1v) is 12.0. The van der Waals surface area contributed by atoms with Crippen LogP contribution in [-0.2, 0) is 20.7 Å². The summed E-state index contributed by atoms with van der Waals surface area (Å²) in [6.45, 7) is 12.9. The van der Waals surface area contributed by atoms with Crippen LogP contribution in [0.25, 0.3) is 6.08 Å². The average Bonchev–Trinajstić information content (AvgIpc) is 2.76. The van der Waals surface area contributed by atoms with Crippen LogP contribution in [0.4, 0.5) is 0 Å². The molecule has 2 rings (SSSR count). The van der Waals surface area contributed by atoms with Gasteiger partial charge in [0.2, 0.25) is 0 Å². The van der Waals surface area contributed by atoms with Crippen molar-refractivity contribution < 1.29 is 28.5 Å². The molecule has 0 radical (unpaired) electrons. The van der Waals surface area contributed by atoms with E-state index >= 15 is 0 Å². The number of rotatable bonds is 14. The first kappa shape index (κ1) is 27.3. The van der Waals surface area contributed by atoms with Crippen LogP contribution in [0.2, 0.25) is 0 Å². The predicted molar refractivity (Wildman–Crippen MR) is 135 cm³/mol. The highest BCUT2D eigenvalue weighted by molar-refractivity contribution is 5.75. The normalized spacial score (nSPS) is 12.2. The quantitative estimate of drug-likeness (QED) is 0.322. The van der Waals surface area contributed by atoms with E-state index in [-0.39, 0.29) is 18.2 Å². The molecular formula is C28H38O6. The lowest BCUT2D eigenvalue weighted by molar-refractivity contribution is -0.156. The third-order valence-electron chi connectivity index (χ3n) is 4.56. The van der Waals surface area contributed by atoms with Crippen molar-refractivity contribution in [2.24, 2.45) is 0 Å². The van der Waals surface area contributed by atoms with E-state index in [1.807, 2.05) is 89.2 Å². The Hall–Kier alpha value is -2.99. The molecule has 0 unspecified atom stereocenters. The maximum Gasteiger partial charge on any atom is 0.335 e. The van der Waals surface area contributed by atoms with Crippen LogP contribution in [0.1, 0.15) is 52.7 Å². The molecule has 0 amide bonds. The van der Waals surface area contributed by atoms with Gasteiger partial charge in [-0.25, -0.2) is 4.79 Å². The van der Waals surface area contributed by atoms with Crippen molar-refractivity contribution in [1.29, 1.82) is 0 Å². The van der Waals surface area contributed by atoms with E-state index in [4.69, 9.17) is 23.7 Å². The van der Waals surface area contributed by atoms with E-state index in [9.17, 15) is 4.79 Å². The Bertz CT molecular complexity index is 873. The fourth-order valence-corrected chi connectivity index (χ4v) is 3.28. The topological polar surface area (TPSA) is 63.2 Å². The number of benzene rings is 2. The van der Waals surface area contributed by atoms with Crippen LogP contribution in [0.15, 0.2) is 48.5 Å². The molecule has 0 heterocycles. The summed E-state index contributed by atoms with van der Waals surface area (Å²) in [4.78, 5) is 12.0. The van der Waals surface area contributed by atoms with E-state index in [1.54, 1.807) is 6.92 Å². The first-order chi connectivity index (χ1) is 16.3. The summed E-state index contributed by atoms with van der Waals surface area (Å²) >= 11 is 0. The summed E-state index contributed by atoms with van der Waals surface area (Å²) in [6, 6.07) is 13.5.